The summed E-state index contributed by atoms with van der Waals surface area (Å²) in [5, 5.41) is 0.174. The molecule has 4 heteroatoms. The summed E-state index contributed by atoms with van der Waals surface area (Å²) < 4.78 is 8.76. The molecule has 0 saturated carbocycles. The van der Waals surface area contributed by atoms with E-state index in [9.17, 15) is 4.79 Å². The summed E-state index contributed by atoms with van der Waals surface area (Å²) in [6.07, 6.45) is -0.731. The number of ether oxygens (including phenoxy) is 2. The average molecular weight is 148 g/mol. The molecule has 0 aromatic carbocycles. The highest BCUT2D eigenvalue weighted by Crippen LogP contribution is 1.86. The van der Waals surface area contributed by atoms with Crippen molar-refractivity contribution in [2.45, 2.75) is 13.8 Å². The quantitative estimate of drug-likeness (QED) is 0.417. The molecule has 0 aliphatic heterocycles. The Labute approximate surface area is 58.9 Å². The first kappa shape index (κ1) is 8.36. The molecule has 0 aliphatic rings. The smallest absolute Gasteiger partial charge is 0.434 e. The van der Waals surface area contributed by atoms with Crippen molar-refractivity contribution in [2.24, 2.45) is 0 Å². The molecule has 0 fully saturated rings. The highest BCUT2D eigenvalue weighted by Gasteiger charge is 2.01. The Morgan fingerprint density at radius 1 is 1.67 bits per heavy atom. The first-order valence-electron chi connectivity index (χ1n) is 2.52. The van der Waals surface area contributed by atoms with Crippen molar-refractivity contribution in [1.29, 1.82) is 0 Å². The summed E-state index contributed by atoms with van der Waals surface area (Å²) in [4.78, 5) is 10.3. The Kier molecular flexibility index (Phi) is 3.96. The van der Waals surface area contributed by atoms with E-state index >= 15 is 0 Å². The molecule has 0 aliphatic carbocycles. The second-order valence-electron chi connectivity index (χ2n) is 1.28. The average Bonchev–Trinajstić information content (AvgIpc) is 1.63. The Morgan fingerprint density at radius 2 is 2.22 bits per heavy atom. The third-order valence-corrected chi connectivity index (χ3v) is 0.573. The van der Waals surface area contributed by atoms with Crippen LogP contribution in [0, 0.1) is 0 Å². The van der Waals surface area contributed by atoms with Gasteiger partial charge < -0.3 is 9.47 Å². The van der Waals surface area contributed by atoms with Crippen molar-refractivity contribution >= 4 is 23.4 Å². The van der Waals surface area contributed by atoms with Crippen LogP contribution in [0.5, 0.6) is 0 Å². The van der Waals surface area contributed by atoms with Crippen LogP contribution in [0.25, 0.3) is 0 Å². The van der Waals surface area contributed by atoms with Crippen LogP contribution in [0.1, 0.15) is 13.8 Å². The lowest BCUT2D eigenvalue weighted by atomic mass is 10.8. The zero-order valence-electron chi connectivity index (χ0n) is 5.34. The van der Waals surface area contributed by atoms with Gasteiger partial charge in [0.05, 0.1) is 6.61 Å². The molecule has 0 N–H and O–H groups in total. The van der Waals surface area contributed by atoms with Gasteiger partial charge in [-0.25, -0.2) is 4.79 Å². The van der Waals surface area contributed by atoms with E-state index in [-0.39, 0.29) is 5.05 Å². The van der Waals surface area contributed by atoms with Gasteiger partial charge >= 0.3 is 6.16 Å². The van der Waals surface area contributed by atoms with Crippen molar-refractivity contribution in [3.8, 4) is 0 Å². The second-order valence-corrected chi connectivity index (χ2v) is 1.85. The van der Waals surface area contributed by atoms with Crippen LogP contribution in [-0.4, -0.2) is 17.8 Å². The summed E-state index contributed by atoms with van der Waals surface area (Å²) >= 11 is 4.46. The maximum atomic E-state index is 10.3. The van der Waals surface area contributed by atoms with E-state index in [2.05, 4.69) is 21.7 Å². The third kappa shape index (κ3) is 5.23. The van der Waals surface area contributed by atoms with Gasteiger partial charge in [0.1, 0.15) is 0 Å². The van der Waals surface area contributed by atoms with Crippen molar-refractivity contribution in [1.82, 2.24) is 0 Å². The zero-order valence-corrected chi connectivity index (χ0v) is 6.16. The first-order valence-corrected chi connectivity index (χ1v) is 2.92. The molecule has 0 saturated heterocycles. The van der Waals surface area contributed by atoms with E-state index in [1.165, 1.54) is 6.92 Å². The Morgan fingerprint density at radius 3 is 2.56 bits per heavy atom. The predicted molar refractivity (Wildman–Crippen MR) is 36.4 cm³/mol. The molecule has 0 amide bonds. The van der Waals surface area contributed by atoms with E-state index in [0.717, 1.165) is 0 Å². The highest BCUT2D eigenvalue weighted by atomic mass is 32.1. The first-order chi connectivity index (χ1) is 4.16. The fraction of sp³-hybridized carbons (Fsp3) is 0.600. The van der Waals surface area contributed by atoms with Gasteiger partial charge in [0.25, 0.3) is 0 Å². The molecule has 9 heavy (non-hydrogen) atoms. The summed E-state index contributed by atoms with van der Waals surface area (Å²) in [6.45, 7) is 3.51. The molecular formula is C5H8O3S. The molecule has 0 radical (unpaired) electrons. The van der Waals surface area contributed by atoms with E-state index in [1.54, 1.807) is 6.92 Å². The second kappa shape index (κ2) is 4.26. The van der Waals surface area contributed by atoms with Crippen LogP contribution in [0.15, 0.2) is 0 Å². The SMILES string of the molecule is CCOC(=O)OC(C)=S. The summed E-state index contributed by atoms with van der Waals surface area (Å²) in [7, 11) is 0. The number of rotatable bonds is 1. The maximum absolute atomic E-state index is 10.3. The number of hydrogen-bond acceptors (Lipinski definition) is 4. The standard InChI is InChI=1S/C5H8O3S/c1-3-7-5(6)8-4(2)9/h3H2,1-2H3. The van der Waals surface area contributed by atoms with Crippen molar-refractivity contribution in [3.63, 3.8) is 0 Å². The van der Waals surface area contributed by atoms with Gasteiger partial charge in [0, 0.05) is 6.92 Å². The minimum Gasteiger partial charge on any atom is -0.434 e. The Bertz CT molecular complexity index is 121. The molecule has 0 aromatic heterocycles. The van der Waals surface area contributed by atoms with Gasteiger partial charge in [-0.05, 0) is 19.1 Å². The lowest BCUT2D eigenvalue weighted by Gasteiger charge is -1.99. The number of carbonyl (C=O) groups excluding carboxylic acids is 1. The maximum Gasteiger partial charge on any atom is 0.514 e. The van der Waals surface area contributed by atoms with Gasteiger partial charge in [-0.2, -0.15) is 0 Å². The van der Waals surface area contributed by atoms with Gasteiger partial charge in [0.2, 0.25) is 0 Å². The summed E-state index contributed by atoms with van der Waals surface area (Å²) in [5.74, 6) is 0. The Balaban J connectivity index is 3.39. The molecule has 0 heterocycles. The van der Waals surface area contributed by atoms with Gasteiger partial charge in [-0.15, -0.1) is 0 Å². The van der Waals surface area contributed by atoms with Gasteiger partial charge in [0.15, 0.2) is 5.05 Å². The molecule has 0 rings (SSSR count). The predicted octanol–water partition coefficient (Wildman–Crippen LogP) is 1.51. The van der Waals surface area contributed by atoms with E-state index < -0.39 is 6.16 Å². The van der Waals surface area contributed by atoms with Crippen LogP contribution in [0.2, 0.25) is 0 Å². The molecule has 0 bridgehead atoms. The van der Waals surface area contributed by atoms with Crippen LogP contribution in [-0.2, 0) is 9.47 Å². The largest absolute Gasteiger partial charge is 0.514 e. The summed E-state index contributed by atoms with van der Waals surface area (Å²) in [5.41, 5.74) is 0. The van der Waals surface area contributed by atoms with Gasteiger partial charge in [-0.1, -0.05) is 0 Å². The molecule has 3 nitrogen and oxygen atoms in total. The molecular weight excluding hydrogens is 140 g/mol. The fourth-order valence-corrected chi connectivity index (χ4v) is 0.333. The van der Waals surface area contributed by atoms with Crippen LogP contribution in [0.4, 0.5) is 4.79 Å². The molecule has 52 valence electrons. The minimum atomic E-state index is -0.731. The van der Waals surface area contributed by atoms with Crippen molar-refractivity contribution in [2.75, 3.05) is 6.61 Å². The fourth-order valence-electron chi connectivity index (χ4n) is 0.265. The van der Waals surface area contributed by atoms with Crippen molar-refractivity contribution in [3.05, 3.63) is 0 Å². The van der Waals surface area contributed by atoms with Crippen LogP contribution in [0.3, 0.4) is 0 Å². The molecule has 0 aromatic rings. The molecule has 0 atom stereocenters. The zero-order chi connectivity index (χ0) is 7.28. The van der Waals surface area contributed by atoms with Gasteiger partial charge in [-0.3, -0.25) is 0 Å². The normalized spacial score (nSPS) is 8.22. The van der Waals surface area contributed by atoms with Crippen LogP contribution < -0.4 is 0 Å². The number of hydrogen-bond donors (Lipinski definition) is 0. The lowest BCUT2D eigenvalue weighted by molar-refractivity contribution is 0.101. The monoisotopic (exact) mass is 148 g/mol. The lowest BCUT2D eigenvalue weighted by Crippen LogP contribution is -2.09. The molecule has 0 unspecified atom stereocenters. The highest BCUT2D eigenvalue weighted by molar-refractivity contribution is 7.80. The van der Waals surface area contributed by atoms with E-state index in [0.29, 0.717) is 6.61 Å². The minimum absolute atomic E-state index is 0.174. The number of carbonyl (C=O) groups is 1. The van der Waals surface area contributed by atoms with Crippen LogP contribution >= 0.6 is 12.2 Å². The van der Waals surface area contributed by atoms with E-state index in [4.69, 9.17) is 0 Å². The third-order valence-electron chi connectivity index (χ3n) is 0.489. The summed E-state index contributed by atoms with van der Waals surface area (Å²) in [6, 6.07) is 0. The van der Waals surface area contributed by atoms with Crippen molar-refractivity contribution < 1.29 is 14.3 Å². The topological polar surface area (TPSA) is 35.5 Å². The van der Waals surface area contributed by atoms with E-state index in [1.807, 2.05) is 0 Å². The molecule has 0 spiro atoms. The number of thiocarbonyl (C=S) groups is 1. The Hall–Kier alpha value is -0.640.